The largest absolute Gasteiger partial charge is 0.467 e. The number of pyridine rings is 1. The summed E-state index contributed by atoms with van der Waals surface area (Å²) in [7, 11) is 3.21. The van der Waals surface area contributed by atoms with Crippen molar-refractivity contribution < 1.29 is 33.3 Å². The van der Waals surface area contributed by atoms with Crippen molar-refractivity contribution in [2.24, 2.45) is 0 Å². The maximum Gasteiger partial charge on any atom is 0.416 e. The molecule has 0 saturated carbocycles. The third-order valence-electron chi connectivity index (χ3n) is 8.83. The van der Waals surface area contributed by atoms with Gasteiger partial charge in [-0.25, -0.2) is 24.4 Å². The normalized spacial score (nSPS) is 16.0. The molecule has 0 bridgehead atoms. The van der Waals surface area contributed by atoms with E-state index in [0.29, 0.717) is 31.1 Å². The average molecular weight is 743 g/mol. The van der Waals surface area contributed by atoms with Gasteiger partial charge < -0.3 is 28.8 Å². The molecule has 1 aliphatic heterocycles. The van der Waals surface area contributed by atoms with Crippen molar-refractivity contribution in [2.75, 3.05) is 38.8 Å². The molecule has 0 aliphatic carbocycles. The lowest BCUT2D eigenvalue weighted by Gasteiger charge is -2.31. The zero-order valence-electron chi connectivity index (χ0n) is 32.8. The summed E-state index contributed by atoms with van der Waals surface area (Å²) in [5.41, 5.74) is 2.72. The topological polar surface area (TPSA) is 137 Å². The van der Waals surface area contributed by atoms with Crippen LogP contribution in [0.3, 0.4) is 0 Å². The number of rotatable bonds is 13. The molecule has 5 rings (SSSR count). The predicted molar refractivity (Wildman–Crippen MR) is 207 cm³/mol. The first kappa shape index (κ1) is 40.2. The van der Waals surface area contributed by atoms with Crippen LogP contribution in [-0.4, -0.2) is 94.7 Å². The van der Waals surface area contributed by atoms with Gasteiger partial charge in [0.1, 0.15) is 28.9 Å². The number of anilines is 1. The van der Waals surface area contributed by atoms with Crippen LogP contribution in [0.4, 0.5) is 15.4 Å². The van der Waals surface area contributed by atoms with Gasteiger partial charge in [0.25, 0.3) is 0 Å². The molecule has 13 heteroatoms. The molecule has 290 valence electrons. The Morgan fingerprint density at radius 3 is 2.31 bits per heavy atom. The summed E-state index contributed by atoms with van der Waals surface area (Å²) in [5, 5.41) is 3.24. The third-order valence-corrected chi connectivity index (χ3v) is 8.83. The van der Waals surface area contributed by atoms with Gasteiger partial charge in [0.15, 0.2) is 0 Å². The van der Waals surface area contributed by atoms with Gasteiger partial charge in [-0.2, -0.15) is 0 Å². The number of benzene rings is 2. The quantitative estimate of drug-likeness (QED) is 0.0889. The first-order valence-electron chi connectivity index (χ1n) is 18.5. The van der Waals surface area contributed by atoms with E-state index >= 15 is 0 Å². The number of fused-ring (bicyclic) bond motifs is 1. The van der Waals surface area contributed by atoms with Crippen LogP contribution in [0.2, 0.25) is 0 Å². The second-order valence-electron chi connectivity index (χ2n) is 15.4. The third kappa shape index (κ3) is 10.1. The molecule has 3 heterocycles. The van der Waals surface area contributed by atoms with E-state index in [1.54, 1.807) is 47.6 Å². The molecule has 0 unspecified atom stereocenters. The van der Waals surface area contributed by atoms with Gasteiger partial charge in [0.05, 0.1) is 43.1 Å². The Labute approximate surface area is 317 Å². The fourth-order valence-electron chi connectivity index (χ4n) is 6.54. The molecule has 2 atom stereocenters. The van der Waals surface area contributed by atoms with Crippen LogP contribution in [0.15, 0.2) is 66.7 Å². The lowest BCUT2D eigenvalue weighted by molar-refractivity contribution is -0.145. The number of aromatic nitrogens is 3. The Bertz CT molecular complexity index is 1900. The van der Waals surface area contributed by atoms with Crippen molar-refractivity contribution >= 4 is 35.0 Å². The van der Waals surface area contributed by atoms with E-state index in [4.69, 9.17) is 28.9 Å². The number of ether oxygens (including phenoxy) is 4. The highest BCUT2D eigenvalue weighted by Gasteiger charge is 2.46. The Kier molecular flexibility index (Phi) is 13.0. The molecule has 1 aliphatic rings. The molecule has 4 aromatic rings. The first-order valence-corrected chi connectivity index (χ1v) is 18.5. The summed E-state index contributed by atoms with van der Waals surface area (Å²) < 4.78 is 24.9. The number of carbonyl (C=O) groups is 3. The Morgan fingerprint density at radius 2 is 1.63 bits per heavy atom. The molecular formula is C41H54N6O7. The van der Waals surface area contributed by atoms with Crippen LogP contribution in [0, 0.1) is 0 Å². The minimum Gasteiger partial charge on any atom is -0.467 e. The number of likely N-dealkylation sites (tertiary alicyclic amines) is 1. The van der Waals surface area contributed by atoms with E-state index in [0.717, 1.165) is 47.5 Å². The zero-order chi connectivity index (χ0) is 39.0. The lowest BCUT2D eigenvalue weighted by atomic mass is 10.1. The number of carbonyl (C=O) groups excluding carboxylic acids is 3. The lowest BCUT2D eigenvalue weighted by Crippen LogP contribution is -2.46. The van der Waals surface area contributed by atoms with Crippen LogP contribution < -0.4 is 10.2 Å². The maximum atomic E-state index is 14.1. The summed E-state index contributed by atoms with van der Waals surface area (Å²) in [4.78, 5) is 53.3. The molecule has 0 radical (unpaired) electrons. The SMILES string of the molecule is CNCCCn1c(CCOCc2ccccc2)nc2cccc(-c3cccc(N(C(=O)OC(C)(C)C)[C@H]4C[C@@H](C(=O)OC)N(C(=O)OC(C)(C)C)C4)n3)c21. The van der Waals surface area contributed by atoms with Crippen molar-refractivity contribution in [3.05, 3.63) is 78.1 Å². The second-order valence-corrected chi connectivity index (χ2v) is 15.4. The van der Waals surface area contributed by atoms with Gasteiger partial charge in [0.2, 0.25) is 0 Å². The van der Waals surface area contributed by atoms with Gasteiger partial charge in [-0.05, 0) is 85.3 Å². The van der Waals surface area contributed by atoms with Gasteiger partial charge in [-0.15, -0.1) is 0 Å². The molecule has 1 N–H and O–H groups in total. The summed E-state index contributed by atoms with van der Waals surface area (Å²) >= 11 is 0. The molecule has 0 spiro atoms. The number of imidazole rings is 1. The summed E-state index contributed by atoms with van der Waals surface area (Å²) in [6, 6.07) is 19.9. The standard InChI is InChI=1S/C41H54N6O7/c1-40(2,3)53-38(49)46-26-29(25-33(46)37(48)51-8)47(39(50)54-41(4,5)6)35-20-13-18-31(43-35)30-17-12-19-32-36(30)45(23-14-22-42-7)34(44-32)21-24-52-27-28-15-10-9-11-16-28/h9-13,15-20,29,33,42H,14,21-27H2,1-8H3/t29-,33-/m0/s1. The van der Waals surface area contributed by atoms with E-state index < -0.39 is 41.4 Å². The molecule has 13 nitrogen and oxygen atoms in total. The number of nitrogens with zero attached hydrogens (tertiary/aromatic N) is 5. The number of aryl methyl sites for hydroxylation is 1. The van der Waals surface area contributed by atoms with Gasteiger partial charge in [-0.3, -0.25) is 9.80 Å². The van der Waals surface area contributed by atoms with Crippen molar-refractivity contribution in [2.45, 2.75) is 97.2 Å². The molecule has 54 heavy (non-hydrogen) atoms. The van der Waals surface area contributed by atoms with Crippen LogP contribution in [0.25, 0.3) is 22.3 Å². The van der Waals surface area contributed by atoms with Crippen LogP contribution in [-0.2, 0) is 43.3 Å². The fourth-order valence-corrected chi connectivity index (χ4v) is 6.54. The average Bonchev–Trinajstić information content (AvgIpc) is 3.71. The summed E-state index contributed by atoms with van der Waals surface area (Å²) in [5.74, 6) is 0.623. The summed E-state index contributed by atoms with van der Waals surface area (Å²) in [6.45, 7) is 13.2. The number of amides is 2. The number of para-hydroxylation sites is 1. The number of esters is 1. The van der Waals surface area contributed by atoms with E-state index in [2.05, 4.69) is 9.88 Å². The van der Waals surface area contributed by atoms with Gasteiger partial charge >= 0.3 is 18.2 Å². The van der Waals surface area contributed by atoms with Crippen molar-refractivity contribution in [3.63, 3.8) is 0 Å². The zero-order valence-corrected chi connectivity index (χ0v) is 32.8. The number of methoxy groups -OCH3 is 1. The van der Waals surface area contributed by atoms with Gasteiger partial charge in [-0.1, -0.05) is 48.5 Å². The maximum absolute atomic E-state index is 14.1. The molecule has 1 saturated heterocycles. The van der Waals surface area contributed by atoms with Crippen molar-refractivity contribution in [3.8, 4) is 11.3 Å². The first-order chi connectivity index (χ1) is 25.7. The van der Waals surface area contributed by atoms with Crippen molar-refractivity contribution in [1.82, 2.24) is 24.8 Å². The fraction of sp³-hybridized carbons (Fsp3) is 0.488. The molecule has 1 fully saturated rings. The predicted octanol–water partition coefficient (Wildman–Crippen LogP) is 6.76. The smallest absolute Gasteiger partial charge is 0.416 e. The monoisotopic (exact) mass is 742 g/mol. The van der Waals surface area contributed by atoms with E-state index in [1.165, 1.54) is 16.9 Å². The van der Waals surface area contributed by atoms with Crippen LogP contribution in [0.5, 0.6) is 0 Å². The number of hydrogen-bond donors (Lipinski definition) is 1. The Hall–Kier alpha value is -5.01. The molecule has 2 aromatic heterocycles. The van der Waals surface area contributed by atoms with Crippen LogP contribution in [0.1, 0.15) is 65.8 Å². The highest BCUT2D eigenvalue weighted by molar-refractivity contribution is 5.93. The number of nitrogens with one attached hydrogen (secondary N) is 1. The second kappa shape index (κ2) is 17.4. The van der Waals surface area contributed by atoms with E-state index in [9.17, 15) is 14.4 Å². The van der Waals surface area contributed by atoms with E-state index in [-0.39, 0.29) is 13.0 Å². The van der Waals surface area contributed by atoms with Crippen LogP contribution >= 0.6 is 0 Å². The molecule has 2 amide bonds. The highest BCUT2D eigenvalue weighted by atomic mass is 16.6. The molecular weight excluding hydrogens is 688 g/mol. The Balaban J connectivity index is 1.52. The van der Waals surface area contributed by atoms with Crippen molar-refractivity contribution in [1.29, 1.82) is 0 Å². The summed E-state index contributed by atoms with van der Waals surface area (Å²) in [6.07, 6.45) is 0.273. The Morgan fingerprint density at radius 1 is 0.907 bits per heavy atom. The molecule has 2 aromatic carbocycles. The minimum atomic E-state index is -0.973. The highest BCUT2D eigenvalue weighted by Crippen LogP contribution is 2.34. The van der Waals surface area contributed by atoms with E-state index in [1.807, 2.05) is 67.7 Å². The number of hydrogen-bond acceptors (Lipinski definition) is 10. The van der Waals surface area contributed by atoms with Gasteiger partial charge in [0, 0.05) is 31.5 Å². The minimum absolute atomic E-state index is 0.00332.